The van der Waals surface area contributed by atoms with E-state index in [0.717, 1.165) is 96.3 Å². The zero-order valence-electron chi connectivity index (χ0n) is 42.7. The topological polar surface area (TPSA) is 78.9 Å². The lowest BCUT2D eigenvalue weighted by Crippen LogP contribution is -2.30. The Labute approximate surface area is 402 Å². The molecule has 0 N–H and O–H groups in total. The molecule has 0 aromatic carbocycles. The minimum Gasteiger partial charge on any atom is -0.462 e. The van der Waals surface area contributed by atoms with Crippen molar-refractivity contribution in [2.24, 2.45) is 0 Å². The summed E-state index contributed by atoms with van der Waals surface area (Å²) in [7, 11) is 0. The van der Waals surface area contributed by atoms with Crippen LogP contribution in [0, 0.1) is 0 Å². The van der Waals surface area contributed by atoms with Gasteiger partial charge in [0.25, 0.3) is 0 Å². The predicted octanol–water partition coefficient (Wildman–Crippen LogP) is 18.2. The van der Waals surface area contributed by atoms with Crippen LogP contribution in [0.3, 0.4) is 0 Å². The molecular formula is C59H102O6. The van der Waals surface area contributed by atoms with Crippen molar-refractivity contribution in [2.75, 3.05) is 13.2 Å². The Hall–Kier alpha value is -3.15. The molecule has 0 heterocycles. The van der Waals surface area contributed by atoms with E-state index in [1.54, 1.807) is 0 Å². The van der Waals surface area contributed by atoms with Gasteiger partial charge in [-0.05, 0) is 96.3 Å². The normalized spacial score (nSPS) is 12.6. The smallest absolute Gasteiger partial charge is 0.306 e. The van der Waals surface area contributed by atoms with Crippen LogP contribution in [0.4, 0.5) is 0 Å². The number of allylic oxidation sites excluding steroid dienone is 12. The van der Waals surface area contributed by atoms with Gasteiger partial charge < -0.3 is 14.2 Å². The lowest BCUT2D eigenvalue weighted by atomic mass is 10.0. The van der Waals surface area contributed by atoms with Crippen molar-refractivity contribution in [1.82, 2.24) is 0 Å². The molecule has 0 unspecified atom stereocenters. The third kappa shape index (κ3) is 51.7. The van der Waals surface area contributed by atoms with Crippen molar-refractivity contribution in [3.05, 3.63) is 72.9 Å². The third-order valence-corrected chi connectivity index (χ3v) is 11.7. The van der Waals surface area contributed by atoms with Crippen molar-refractivity contribution >= 4 is 17.9 Å². The number of unbranched alkanes of at least 4 members (excludes halogenated alkanes) is 26. The quantitative estimate of drug-likeness (QED) is 0.0262. The highest BCUT2D eigenvalue weighted by atomic mass is 16.6. The monoisotopic (exact) mass is 907 g/mol. The second-order valence-electron chi connectivity index (χ2n) is 18.1. The van der Waals surface area contributed by atoms with Gasteiger partial charge in [-0.3, -0.25) is 14.4 Å². The van der Waals surface area contributed by atoms with Crippen LogP contribution in [0.2, 0.25) is 0 Å². The van der Waals surface area contributed by atoms with E-state index in [0.29, 0.717) is 19.3 Å². The summed E-state index contributed by atoms with van der Waals surface area (Å²) >= 11 is 0. The summed E-state index contributed by atoms with van der Waals surface area (Å²) in [4.78, 5) is 38.1. The van der Waals surface area contributed by atoms with E-state index in [1.807, 2.05) is 0 Å². The number of carbonyl (C=O) groups is 3. The van der Waals surface area contributed by atoms with Gasteiger partial charge in [-0.15, -0.1) is 0 Å². The van der Waals surface area contributed by atoms with E-state index in [1.165, 1.54) is 128 Å². The Morgan fingerprint density at radius 2 is 0.554 bits per heavy atom. The Morgan fingerprint density at radius 3 is 0.923 bits per heavy atom. The van der Waals surface area contributed by atoms with Crippen molar-refractivity contribution < 1.29 is 28.6 Å². The van der Waals surface area contributed by atoms with E-state index in [-0.39, 0.29) is 31.1 Å². The van der Waals surface area contributed by atoms with Crippen molar-refractivity contribution in [3.63, 3.8) is 0 Å². The number of hydrogen-bond acceptors (Lipinski definition) is 6. The van der Waals surface area contributed by atoms with Gasteiger partial charge >= 0.3 is 17.9 Å². The van der Waals surface area contributed by atoms with Gasteiger partial charge in [-0.1, -0.05) is 222 Å². The maximum atomic E-state index is 12.8. The lowest BCUT2D eigenvalue weighted by molar-refractivity contribution is -0.167. The van der Waals surface area contributed by atoms with E-state index in [4.69, 9.17) is 14.2 Å². The molecule has 0 bridgehead atoms. The summed E-state index contributed by atoms with van der Waals surface area (Å²) in [6.07, 6.45) is 67.4. The largest absolute Gasteiger partial charge is 0.462 e. The van der Waals surface area contributed by atoms with Crippen LogP contribution in [0.5, 0.6) is 0 Å². The average Bonchev–Trinajstić information content (AvgIpc) is 3.30. The Kier molecular flexibility index (Phi) is 50.9. The molecule has 0 rings (SSSR count). The highest BCUT2D eigenvalue weighted by molar-refractivity contribution is 5.71. The number of hydrogen-bond donors (Lipinski definition) is 0. The summed E-state index contributed by atoms with van der Waals surface area (Å²) < 4.78 is 16.8. The molecule has 0 saturated heterocycles. The maximum absolute atomic E-state index is 12.8. The fraction of sp³-hybridized carbons (Fsp3) is 0.746. The SMILES string of the molecule is CCCCC/C=C\C/C=C\C/C=C\CCCCCCC(=O)O[C@H](COC(=O)CCCC/C=C\C/C=C\C/C=C\CCCCC)COC(=O)CCCCCCCCCCCCCCCCC. The molecule has 0 fully saturated rings. The van der Waals surface area contributed by atoms with E-state index in [9.17, 15) is 14.4 Å². The minimum absolute atomic E-state index is 0.0949. The number of ether oxygens (including phenoxy) is 3. The molecule has 0 aromatic heterocycles. The van der Waals surface area contributed by atoms with E-state index in [2.05, 4.69) is 93.7 Å². The number of rotatable bonds is 49. The number of carbonyl (C=O) groups excluding carboxylic acids is 3. The summed E-state index contributed by atoms with van der Waals surface area (Å²) in [5.74, 6) is -0.951. The molecule has 1 atom stereocenters. The molecule has 0 aliphatic heterocycles. The fourth-order valence-electron chi connectivity index (χ4n) is 7.51. The molecule has 6 heteroatoms. The standard InChI is InChI=1S/C59H102O6/c1-4-7-10-13-16-19-22-25-28-29-32-35-38-41-44-47-50-53-59(62)65-56(54-63-57(60)51-48-45-42-39-36-33-30-26-23-20-17-14-11-8-5-2)55-64-58(61)52-49-46-43-40-37-34-31-27-24-21-18-15-12-9-6-3/h16-17,19-20,25-26,28,30,32,35-36,39,56H,4-15,18,21-24,27,29,31,33-34,37-38,40-55H2,1-3H3/b19-16-,20-17-,28-25-,30-26-,35-32-,39-36-/t56-/m1/s1. The molecule has 0 amide bonds. The first-order chi connectivity index (χ1) is 32.0. The molecule has 0 aliphatic carbocycles. The van der Waals surface area contributed by atoms with Gasteiger partial charge in [0.2, 0.25) is 0 Å². The molecule has 0 aromatic rings. The first-order valence-corrected chi connectivity index (χ1v) is 27.4. The van der Waals surface area contributed by atoms with Crippen LogP contribution < -0.4 is 0 Å². The van der Waals surface area contributed by atoms with Gasteiger partial charge in [0.05, 0.1) is 0 Å². The Morgan fingerprint density at radius 1 is 0.308 bits per heavy atom. The molecule has 0 radical (unpaired) electrons. The van der Waals surface area contributed by atoms with Gasteiger partial charge in [0, 0.05) is 19.3 Å². The van der Waals surface area contributed by atoms with Crippen molar-refractivity contribution in [2.45, 2.75) is 271 Å². The van der Waals surface area contributed by atoms with Gasteiger partial charge in [-0.25, -0.2) is 0 Å². The summed E-state index contributed by atoms with van der Waals surface area (Å²) in [5, 5.41) is 0. The molecule has 6 nitrogen and oxygen atoms in total. The zero-order chi connectivity index (χ0) is 47.2. The summed E-state index contributed by atoms with van der Waals surface area (Å²) in [6.45, 7) is 6.54. The molecule has 0 aliphatic rings. The van der Waals surface area contributed by atoms with Crippen LogP contribution in [0.1, 0.15) is 265 Å². The highest BCUT2D eigenvalue weighted by Crippen LogP contribution is 2.15. The first-order valence-electron chi connectivity index (χ1n) is 27.4. The summed E-state index contributed by atoms with van der Waals surface area (Å²) in [6, 6.07) is 0. The predicted molar refractivity (Wildman–Crippen MR) is 279 cm³/mol. The van der Waals surface area contributed by atoms with Crippen molar-refractivity contribution in [3.8, 4) is 0 Å². The molecule has 0 saturated carbocycles. The highest BCUT2D eigenvalue weighted by Gasteiger charge is 2.19. The number of esters is 3. The molecule has 0 spiro atoms. The Balaban J connectivity index is 4.48. The molecule has 65 heavy (non-hydrogen) atoms. The zero-order valence-corrected chi connectivity index (χ0v) is 42.7. The fourth-order valence-corrected chi connectivity index (χ4v) is 7.51. The molecular weight excluding hydrogens is 805 g/mol. The van der Waals surface area contributed by atoms with Crippen molar-refractivity contribution in [1.29, 1.82) is 0 Å². The molecule has 374 valence electrons. The van der Waals surface area contributed by atoms with Crippen LogP contribution >= 0.6 is 0 Å². The van der Waals surface area contributed by atoms with Crippen LogP contribution in [0.15, 0.2) is 72.9 Å². The Bertz CT molecular complexity index is 1230. The first kappa shape index (κ1) is 61.9. The van der Waals surface area contributed by atoms with Crippen LogP contribution in [0.25, 0.3) is 0 Å². The average molecular weight is 907 g/mol. The second-order valence-corrected chi connectivity index (χ2v) is 18.1. The van der Waals surface area contributed by atoms with E-state index < -0.39 is 6.10 Å². The van der Waals surface area contributed by atoms with Gasteiger partial charge in [-0.2, -0.15) is 0 Å². The van der Waals surface area contributed by atoms with Gasteiger partial charge in [0.1, 0.15) is 13.2 Å². The van der Waals surface area contributed by atoms with Crippen LogP contribution in [-0.2, 0) is 28.6 Å². The third-order valence-electron chi connectivity index (χ3n) is 11.7. The second kappa shape index (κ2) is 53.5. The van der Waals surface area contributed by atoms with E-state index >= 15 is 0 Å². The minimum atomic E-state index is -0.801. The maximum Gasteiger partial charge on any atom is 0.306 e. The summed E-state index contributed by atoms with van der Waals surface area (Å²) in [5.41, 5.74) is 0. The lowest BCUT2D eigenvalue weighted by Gasteiger charge is -2.18. The van der Waals surface area contributed by atoms with Crippen LogP contribution in [-0.4, -0.2) is 37.2 Å². The van der Waals surface area contributed by atoms with Gasteiger partial charge in [0.15, 0.2) is 6.10 Å².